The van der Waals surface area contributed by atoms with E-state index >= 15 is 0 Å². The summed E-state index contributed by atoms with van der Waals surface area (Å²) >= 11 is 1.90. The van der Waals surface area contributed by atoms with Crippen molar-refractivity contribution < 1.29 is 0 Å². The first-order valence-electron chi connectivity index (χ1n) is 6.16. The zero-order valence-electron chi connectivity index (χ0n) is 11.4. The van der Waals surface area contributed by atoms with Crippen molar-refractivity contribution in [2.45, 2.75) is 32.9 Å². The highest BCUT2D eigenvalue weighted by molar-refractivity contribution is 7.98. The van der Waals surface area contributed by atoms with Crippen LogP contribution in [-0.2, 0) is 6.54 Å². The van der Waals surface area contributed by atoms with Crippen molar-refractivity contribution in [2.75, 3.05) is 24.0 Å². The van der Waals surface area contributed by atoms with Gasteiger partial charge in [-0.1, -0.05) is 25.1 Å². The third-order valence-electron chi connectivity index (χ3n) is 3.27. The highest BCUT2D eigenvalue weighted by atomic mass is 32.2. The lowest BCUT2D eigenvalue weighted by atomic mass is 10.0. The van der Waals surface area contributed by atoms with E-state index in [2.05, 4.69) is 50.2 Å². The summed E-state index contributed by atoms with van der Waals surface area (Å²) in [5.41, 5.74) is 9.71. The molecule has 0 aromatic heterocycles. The number of nitrogens with zero attached hydrogens (tertiary/aromatic N) is 1. The van der Waals surface area contributed by atoms with Crippen LogP contribution in [0.15, 0.2) is 18.2 Å². The van der Waals surface area contributed by atoms with Gasteiger partial charge in [0.05, 0.1) is 0 Å². The Bertz CT molecular complexity index is 352. The molecular weight excluding hydrogens is 228 g/mol. The van der Waals surface area contributed by atoms with Crippen molar-refractivity contribution in [3.8, 4) is 0 Å². The maximum absolute atomic E-state index is 5.84. The minimum Gasteiger partial charge on any atom is -0.370 e. The molecule has 1 aromatic carbocycles. The van der Waals surface area contributed by atoms with Crippen LogP contribution in [0.3, 0.4) is 0 Å². The number of hydrogen-bond donors (Lipinski definition) is 1. The first-order chi connectivity index (χ1) is 8.15. The van der Waals surface area contributed by atoms with Gasteiger partial charge >= 0.3 is 0 Å². The molecule has 17 heavy (non-hydrogen) atoms. The highest BCUT2D eigenvalue weighted by Crippen LogP contribution is 2.27. The summed E-state index contributed by atoms with van der Waals surface area (Å²) in [6, 6.07) is 6.96. The molecule has 0 fully saturated rings. The van der Waals surface area contributed by atoms with Crippen LogP contribution in [0.5, 0.6) is 0 Å². The van der Waals surface area contributed by atoms with E-state index in [1.165, 1.54) is 16.8 Å². The van der Waals surface area contributed by atoms with Crippen molar-refractivity contribution in [3.63, 3.8) is 0 Å². The Morgan fingerprint density at radius 2 is 2.12 bits per heavy atom. The standard InChI is InChI=1S/C14H24N2S/c1-5-13(10-17-4)16(3)14-11(2)7-6-8-12(14)9-15/h6-8,13H,5,9-10,15H2,1-4H3. The zero-order valence-corrected chi connectivity index (χ0v) is 12.2. The monoisotopic (exact) mass is 252 g/mol. The van der Waals surface area contributed by atoms with Gasteiger partial charge in [-0.2, -0.15) is 11.8 Å². The maximum atomic E-state index is 5.84. The zero-order chi connectivity index (χ0) is 12.8. The first-order valence-corrected chi connectivity index (χ1v) is 7.55. The second-order valence-corrected chi connectivity index (χ2v) is 5.33. The minimum atomic E-state index is 0.580. The molecule has 0 heterocycles. The van der Waals surface area contributed by atoms with Crippen molar-refractivity contribution in [1.82, 2.24) is 0 Å². The first kappa shape index (κ1) is 14.4. The molecule has 3 heteroatoms. The fourth-order valence-electron chi connectivity index (χ4n) is 2.27. The lowest BCUT2D eigenvalue weighted by Gasteiger charge is -2.32. The number of para-hydroxylation sites is 1. The summed E-state index contributed by atoms with van der Waals surface area (Å²) in [6.07, 6.45) is 3.33. The molecule has 96 valence electrons. The molecule has 0 aliphatic carbocycles. The summed E-state index contributed by atoms with van der Waals surface area (Å²) in [5, 5.41) is 0. The Morgan fingerprint density at radius 1 is 1.41 bits per heavy atom. The Hall–Kier alpha value is -0.670. The number of benzene rings is 1. The topological polar surface area (TPSA) is 29.3 Å². The van der Waals surface area contributed by atoms with Crippen molar-refractivity contribution in [2.24, 2.45) is 5.73 Å². The number of anilines is 1. The van der Waals surface area contributed by atoms with Gasteiger partial charge in [0.25, 0.3) is 0 Å². The maximum Gasteiger partial charge on any atom is 0.0441 e. The second-order valence-electron chi connectivity index (χ2n) is 4.42. The van der Waals surface area contributed by atoms with E-state index in [0.717, 1.165) is 12.2 Å². The van der Waals surface area contributed by atoms with Gasteiger partial charge in [0.2, 0.25) is 0 Å². The minimum absolute atomic E-state index is 0.580. The van der Waals surface area contributed by atoms with Crippen molar-refractivity contribution >= 4 is 17.4 Å². The molecule has 1 rings (SSSR count). The quantitative estimate of drug-likeness (QED) is 0.844. The van der Waals surface area contributed by atoms with Gasteiger partial charge in [-0.15, -0.1) is 0 Å². The van der Waals surface area contributed by atoms with E-state index in [1.807, 2.05) is 11.8 Å². The molecule has 0 aliphatic rings. The Balaban J connectivity index is 3.04. The Labute approximate surface area is 110 Å². The highest BCUT2D eigenvalue weighted by Gasteiger charge is 2.16. The summed E-state index contributed by atoms with van der Waals surface area (Å²) in [6.45, 7) is 5.02. The van der Waals surface area contributed by atoms with Crippen LogP contribution in [0.25, 0.3) is 0 Å². The molecule has 0 spiro atoms. The van der Waals surface area contributed by atoms with E-state index < -0.39 is 0 Å². The number of thioether (sulfide) groups is 1. The van der Waals surface area contributed by atoms with Crippen LogP contribution < -0.4 is 10.6 Å². The third-order valence-corrected chi connectivity index (χ3v) is 3.99. The molecule has 0 saturated carbocycles. The van der Waals surface area contributed by atoms with Crippen molar-refractivity contribution in [1.29, 1.82) is 0 Å². The van der Waals surface area contributed by atoms with E-state index in [-0.39, 0.29) is 0 Å². The molecular formula is C14H24N2S. The van der Waals surface area contributed by atoms with E-state index in [9.17, 15) is 0 Å². The smallest absolute Gasteiger partial charge is 0.0441 e. The number of hydrogen-bond acceptors (Lipinski definition) is 3. The summed E-state index contributed by atoms with van der Waals surface area (Å²) in [5.74, 6) is 1.16. The van der Waals surface area contributed by atoms with E-state index in [0.29, 0.717) is 12.6 Å². The molecule has 0 saturated heterocycles. The summed E-state index contributed by atoms with van der Waals surface area (Å²) in [4.78, 5) is 2.40. The molecule has 0 bridgehead atoms. The van der Waals surface area contributed by atoms with Gasteiger partial charge in [-0.3, -0.25) is 0 Å². The van der Waals surface area contributed by atoms with E-state index in [4.69, 9.17) is 5.73 Å². The van der Waals surface area contributed by atoms with Gasteiger partial charge in [0.15, 0.2) is 0 Å². The molecule has 0 radical (unpaired) electrons. The van der Waals surface area contributed by atoms with Crippen LogP contribution in [0.2, 0.25) is 0 Å². The fraction of sp³-hybridized carbons (Fsp3) is 0.571. The number of rotatable bonds is 6. The molecule has 1 atom stereocenters. The fourth-order valence-corrected chi connectivity index (χ4v) is 3.11. The average molecular weight is 252 g/mol. The summed E-state index contributed by atoms with van der Waals surface area (Å²) < 4.78 is 0. The van der Waals surface area contributed by atoms with Crippen LogP contribution in [0.1, 0.15) is 24.5 Å². The molecule has 1 unspecified atom stereocenters. The third kappa shape index (κ3) is 3.39. The predicted molar refractivity (Wildman–Crippen MR) is 79.9 cm³/mol. The molecule has 2 N–H and O–H groups in total. The molecule has 2 nitrogen and oxygen atoms in total. The average Bonchev–Trinajstić information content (AvgIpc) is 2.34. The summed E-state index contributed by atoms with van der Waals surface area (Å²) in [7, 11) is 2.19. The molecule has 1 aromatic rings. The van der Waals surface area contributed by atoms with Gasteiger partial charge in [-0.05, 0) is 30.7 Å². The van der Waals surface area contributed by atoms with Gasteiger partial charge in [0, 0.05) is 31.1 Å². The van der Waals surface area contributed by atoms with Crippen LogP contribution in [-0.4, -0.2) is 25.1 Å². The lowest BCUT2D eigenvalue weighted by Crippen LogP contribution is -2.34. The predicted octanol–water partition coefficient (Wildman–Crippen LogP) is 3.03. The Kier molecular flexibility index (Phi) is 5.86. The Morgan fingerprint density at radius 3 is 2.65 bits per heavy atom. The molecule has 0 aliphatic heterocycles. The van der Waals surface area contributed by atoms with Gasteiger partial charge in [0.1, 0.15) is 0 Å². The van der Waals surface area contributed by atoms with Gasteiger partial charge < -0.3 is 10.6 Å². The number of nitrogens with two attached hydrogens (primary N) is 1. The van der Waals surface area contributed by atoms with Crippen LogP contribution >= 0.6 is 11.8 Å². The second kappa shape index (κ2) is 6.92. The SMILES string of the molecule is CCC(CSC)N(C)c1c(C)cccc1CN. The largest absolute Gasteiger partial charge is 0.370 e. The normalized spacial score (nSPS) is 12.5. The van der Waals surface area contributed by atoms with Crippen LogP contribution in [0, 0.1) is 6.92 Å². The van der Waals surface area contributed by atoms with Crippen LogP contribution in [0.4, 0.5) is 5.69 Å². The van der Waals surface area contributed by atoms with Gasteiger partial charge in [-0.25, -0.2) is 0 Å². The lowest BCUT2D eigenvalue weighted by molar-refractivity contribution is 0.669. The van der Waals surface area contributed by atoms with Crippen molar-refractivity contribution in [3.05, 3.63) is 29.3 Å². The molecule has 0 amide bonds. The van der Waals surface area contributed by atoms with E-state index in [1.54, 1.807) is 0 Å². The number of aryl methyl sites for hydroxylation is 1.